The van der Waals surface area contributed by atoms with Gasteiger partial charge in [-0.1, -0.05) is 41.4 Å². The average Bonchev–Trinajstić information content (AvgIpc) is 2.78. The van der Waals surface area contributed by atoms with E-state index in [1.165, 1.54) is 12.8 Å². The highest BCUT2D eigenvalue weighted by atomic mass is 79.9. The molecule has 0 aliphatic heterocycles. The van der Waals surface area contributed by atoms with Crippen LogP contribution in [0.4, 0.5) is 5.95 Å². The summed E-state index contributed by atoms with van der Waals surface area (Å²) in [4.78, 5) is 10.3. The van der Waals surface area contributed by atoms with E-state index in [0.717, 1.165) is 35.4 Å². The van der Waals surface area contributed by atoms with Crippen LogP contribution in [0.15, 0.2) is 24.3 Å². The van der Waals surface area contributed by atoms with Crippen LogP contribution in [0.25, 0.3) is 11.0 Å². The Balaban J connectivity index is 2.21. The molecule has 17 heavy (non-hydrogen) atoms. The Kier molecular flexibility index (Phi) is 4.42. The number of fused-ring (bicyclic) bond motifs is 1. The molecule has 0 saturated heterocycles. The third kappa shape index (κ3) is 3.00. The predicted octanol–water partition coefficient (Wildman–Crippen LogP) is 3.56. The normalized spacial score (nSPS) is 10.9. The van der Waals surface area contributed by atoms with Gasteiger partial charge in [-0.05, 0) is 18.6 Å². The second-order valence-electron chi connectivity index (χ2n) is 4.11. The number of rotatable bonds is 6. The first-order valence-corrected chi connectivity index (χ1v) is 7.23. The van der Waals surface area contributed by atoms with E-state index in [9.17, 15) is 0 Å². The summed E-state index contributed by atoms with van der Waals surface area (Å²) in [5.74, 6) is 0.985. The van der Waals surface area contributed by atoms with E-state index in [1.54, 1.807) is 0 Å². The number of hydrogen-bond acceptors (Lipinski definition) is 2. The van der Waals surface area contributed by atoms with Gasteiger partial charge in [-0.25, -0.2) is 4.98 Å². The van der Waals surface area contributed by atoms with Crippen molar-refractivity contribution in [3.63, 3.8) is 0 Å². The van der Waals surface area contributed by atoms with Crippen LogP contribution < -0.4 is 4.90 Å². The van der Waals surface area contributed by atoms with Gasteiger partial charge < -0.3 is 9.88 Å². The molecule has 1 heterocycles. The Bertz CT molecular complexity index is 433. The second kappa shape index (κ2) is 6.05. The maximum atomic E-state index is 4.63. The van der Waals surface area contributed by atoms with Crippen LogP contribution in [-0.4, -0.2) is 28.4 Å². The lowest BCUT2D eigenvalue weighted by atomic mass is 10.3. The van der Waals surface area contributed by atoms with Crippen molar-refractivity contribution < 1.29 is 0 Å². The van der Waals surface area contributed by atoms with Gasteiger partial charge >= 0.3 is 0 Å². The summed E-state index contributed by atoms with van der Waals surface area (Å²) in [5.41, 5.74) is 2.15. The molecule has 0 amide bonds. The van der Waals surface area contributed by atoms with Crippen LogP contribution in [0, 0.1) is 0 Å². The summed E-state index contributed by atoms with van der Waals surface area (Å²) < 4.78 is 0. The van der Waals surface area contributed by atoms with Gasteiger partial charge in [0.15, 0.2) is 0 Å². The minimum Gasteiger partial charge on any atom is -0.342 e. The molecule has 2 aromatic rings. The number of imidazole rings is 1. The molecule has 92 valence electrons. The van der Waals surface area contributed by atoms with E-state index in [1.807, 2.05) is 18.2 Å². The first kappa shape index (κ1) is 12.4. The summed E-state index contributed by atoms with van der Waals surface area (Å²) in [6, 6.07) is 8.17. The SMILES string of the molecule is CCCCN(CCBr)c1nc2ccccc2[nH]1. The van der Waals surface area contributed by atoms with E-state index >= 15 is 0 Å². The summed E-state index contributed by atoms with van der Waals surface area (Å²) in [7, 11) is 0. The molecular formula is C13H18BrN3. The Labute approximate surface area is 110 Å². The molecule has 0 atom stereocenters. The molecule has 1 aromatic carbocycles. The van der Waals surface area contributed by atoms with Crippen molar-refractivity contribution in [1.29, 1.82) is 0 Å². The molecule has 1 aromatic heterocycles. The first-order valence-electron chi connectivity index (χ1n) is 6.10. The fourth-order valence-electron chi connectivity index (χ4n) is 1.86. The number of aromatic nitrogens is 2. The highest BCUT2D eigenvalue weighted by Gasteiger charge is 2.09. The molecule has 4 heteroatoms. The van der Waals surface area contributed by atoms with Gasteiger partial charge in [0.1, 0.15) is 0 Å². The molecule has 0 bridgehead atoms. The monoisotopic (exact) mass is 295 g/mol. The zero-order chi connectivity index (χ0) is 12.1. The van der Waals surface area contributed by atoms with Gasteiger partial charge in [0, 0.05) is 18.4 Å². The van der Waals surface area contributed by atoms with E-state index in [4.69, 9.17) is 0 Å². The lowest BCUT2D eigenvalue weighted by molar-refractivity contribution is 0.722. The zero-order valence-corrected chi connectivity index (χ0v) is 11.7. The molecule has 0 fully saturated rings. The number of aromatic amines is 1. The lowest BCUT2D eigenvalue weighted by Crippen LogP contribution is -2.27. The number of halogens is 1. The summed E-state index contributed by atoms with van der Waals surface area (Å²) >= 11 is 3.50. The third-order valence-electron chi connectivity index (χ3n) is 2.81. The summed E-state index contributed by atoms with van der Waals surface area (Å²) in [6.45, 7) is 4.26. The van der Waals surface area contributed by atoms with Crippen LogP contribution in [0.2, 0.25) is 0 Å². The predicted molar refractivity (Wildman–Crippen MR) is 77.0 cm³/mol. The first-order chi connectivity index (χ1) is 8.35. The number of hydrogen-bond donors (Lipinski definition) is 1. The molecule has 1 N–H and O–H groups in total. The van der Waals surface area contributed by atoms with Crippen LogP contribution in [-0.2, 0) is 0 Å². The lowest BCUT2D eigenvalue weighted by Gasteiger charge is -2.20. The molecule has 3 nitrogen and oxygen atoms in total. The van der Waals surface area contributed by atoms with E-state index in [-0.39, 0.29) is 0 Å². The largest absolute Gasteiger partial charge is 0.342 e. The summed E-state index contributed by atoms with van der Waals surface area (Å²) in [5, 5.41) is 0.966. The Hall–Kier alpha value is -1.03. The van der Waals surface area contributed by atoms with Crippen molar-refractivity contribution in [3.8, 4) is 0 Å². The molecule has 0 saturated carbocycles. The van der Waals surface area contributed by atoms with Crippen LogP contribution in [0.1, 0.15) is 19.8 Å². The maximum absolute atomic E-state index is 4.63. The van der Waals surface area contributed by atoms with Crippen molar-refractivity contribution in [1.82, 2.24) is 9.97 Å². The van der Waals surface area contributed by atoms with E-state index < -0.39 is 0 Å². The third-order valence-corrected chi connectivity index (χ3v) is 3.17. The van der Waals surface area contributed by atoms with E-state index in [0.29, 0.717) is 0 Å². The number of H-pyrrole nitrogens is 1. The maximum Gasteiger partial charge on any atom is 0.203 e. The Morgan fingerprint density at radius 2 is 2.12 bits per heavy atom. The topological polar surface area (TPSA) is 31.9 Å². The molecule has 0 radical (unpaired) electrons. The van der Waals surface area contributed by atoms with Gasteiger partial charge in [0.2, 0.25) is 5.95 Å². The minimum atomic E-state index is 0.966. The minimum absolute atomic E-state index is 0.966. The number of anilines is 1. The molecule has 0 unspecified atom stereocenters. The molecule has 0 spiro atoms. The van der Waals surface area contributed by atoms with E-state index in [2.05, 4.69) is 43.8 Å². The highest BCUT2D eigenvalue weighted by Crippen LogP contribution is 2.17. The van der Waals surface area contributed by atoms with Gasteiger partial charge in [-0.15, -0.1) is 0 Å². The van der Waals surface area contributed by atoms with Gasteiger partial charge in [-0.2, -0.15) is 0 Å². The standard InChI is InChI=1S/C13H18BrN3/c1-2-3-9-17(10-8-14)13-15-11-6-4-5-7-12(11)16-13/h4-7H,2-3,8-10H2,1H3,(H,15,16). The smallest absolute Gasteiger partial charge is 0.203 e. The van der Waals surface area contributed by atoms with Crippen LogP contribution in [0.5, 0.6) is 0 Å². The molecule has 2 rings (SSSR count). The number of alkyl halides is 1. The Morgan fingerprint density at radius 3 is 2.82 bits per heavy atom. The average molecular weight is 296 g/mol. The highest BCUT2D eigenvalue weighted by molar-refractivity contribution is 9.09. The molecular weight excluding hydrogens is 278 g/mol. The molecule has 0 aliphatic carbocycles. The quantitative estimate of drug-likeness (QED) is 0.826. The summed E-state index contributed by atoms with van der Waals surface area (Å²) in [6.07, 6.45) is 2.41. The number of unbranched alkanes of at least 4 members (excludes halogenated alkanes) is 1. The van der Waals surface area contributed by atoms with Crippen LogP contribution in [0.3, 0.4) is 0 Å². The number of nitrogens with one attached hydrogen (secondary N) is 1. The van der Waals surface area contributed by atoms with Gasteiger partial charge in [0.25, 0.3) is 0 Å². The van der Waals surface area contributed by atoms with Crippen molar-refractivity contribution in [2.24, 2.45) is 0 Å². The molecule has 0 aliphatic rings. The van der Waals surface area contributed by atoms with Crippen molar-refractivity contribution in [2.75, 3.05) is 23.3 Å². The van der Waals surface area contributed by atoms with Crippen LogP contribution >= 0.6 is 15.9 Å². The fraction of sp³-hybridized carbons (Fsp3) is 0.462. The van der Waals surface area contributed by atoms with Crippen molar-refractivity contribution >= 4 is 32.9 Å². The fourth-order valence-corrected chi connectivity index (χ4v) is 2.29. The van der Waals surface area contributed by atoms with Crippen molar-refractivity contribution in [2.45, 2.75) is 19.8 Å². The second-order valence-corrected chi connectivity index (χ2v) is 4.90. The zero-order valence-electron chi connectivity index (χ0n) is 10.1. The number of para-hydroxylation sites is 2. The van der Waals surface area contributed by atoms with Gasteiger partial charge in [-0.3, -0.25) is 0 Å². The van der Waals surface area contributed by atoms with Crippen molar-refractivity contribution in [3.05, 3.63) is 24.3 Å². The number of benzene rings is 1. The van der Waals surface area contributed by atoms with Gasteiger partial charge in [0.05, 0.1) is 11.0 Å². The number of nitrogens with zero attached hydrogens (tertiary/aromatic N) is 2. The Morgan fingerprint density at radius 1 is 1.29 bits per heavy atom.